The Morgan fingerprint density at radius 1 is 0.882 bits per heavy atom. The highest BCUT2D eigenvalue weighted by atomic mass is 16.5. The second-order valence-electron chi connectivity index (χ2n) is 4.94. The van der Waals surface area contributed by atoms with E-state index in [9.17, 15) is 9.59 Å². The molecule has 0 N–H and O–H groups in total. The molecule has 0 aromatic heterocycles. The fourth-order valence-electron chi connectivity index (χ4n) is 2.89. The first kappa shape index (κ1) is 12.4. The van der Waals surface area contributed by atoms with Crippen molar-refractivity contribution in [1.29, 1.82) is 0 Å². The van der Waals surface area contributed by atoms with Crippen LogP contribution >= 0.6 is 0 Å². The maximum absolute atomic E-state index is 11.9. The molecule has 0 amide bonds. The molecule has 0 radical (unpaired) electrons. The van der Waals surface area contributed by atoms with E-state index in [1.807, 2.05) is 0 Å². The highest BCUT2D eigenvalue weighted by Crippen LogP contribution is 2.54. The van der Waals surface area contributed by atoms with E-state index in [2.05, 4.69) is 0 Å². The number of fused-ring (bicyclic) bond motifs is 1. The van der Waals surface area contributed by atoms with E-state index >= 15 is 0 Å². The SMILES string of the molecule is CCOC(=O)[C@H]1CC2CC2C[C@@H]1C(=O)OCC. The lowest BCUT2D eigenvalue weighted by Crippen LogP contribution is -2.35. The maximum Gasteiger partial charge on any atom is 0.309 e. The normalized spacial score (nSPS) is 34.7. The van der Waals surface area contributed by atoms with Gasteiger partial charge in [0.05, 0.1) is 25.0 Å². The monoisotopic (exact) mass is 240 g/mol. The molecule has 0 aromatic carbocycles. The third-order valence-corrected chi connectivity index (χ3v) is 3.85. The van der Waals surface area contributed by atoms with Gasteiger partial charge in [0.1, 0.15) is 0 Å². The molecule has 96 valence electrons. The molecule has 2 aliphatic carbocycles. The summed E-state index contributed by atoms with van der Waals surface area (Å²) in [6, 6.07) is 0. The van der Waals surface area contributed by atoms with Gasteiger partial charge in [0.2, 0.25) is 0 Å². The Hall–Kier alpha value is -1.06. The summed E-state index contributed by atoms with van der Waals surface area (Å²) in [7, 11) is 0. The summed E-state index contributed by atoms with van der Waals surface area (Å²) in [5, 5.41) is 0. The second-order valence-corrected chi connectivity index (χ2v) is 4.94. The first-order valence-corrected chi connectivity index (χ1v) is 6.50. The van der Waals surface area contributed by atoms with Crippen molar-refractivity contribution in [1.82, 2.24) is 0 Å². The van der Waals surface area contributed by atoms with Crippen molar-refractivity contribution in [3.05, 3.63) is 0 Å². The minimum absolute atomic E-state index is 0.226. The molecule has 2 unspecified atom stereocenters. The Kier molecular flexibility index (Phi) is 3.69. The first-order chi connectivity index (χ1) is 8.17. The fraction of sp³-hybridized carbons (Fsp3) is 0.846. The molecule has 0 heterocycles. The van der Waals surface area contributed by atoms with E-state index in [0.717, 1.165) is 19.3 Å². The van der Waals surface area contributed by atoms with Gasteiger partial charge in [-0.05, 0) is 44.9 Å². The Labute approximate surface area is 102 Å². The van der Waals surface area contributed by atoms with E-state index in [0.29, 0.717) is 25.0 Å². The van der Waals surface area contributed by atoms with Crippen LogP contribution in [0.1, 0.15) is 33.1 Å². The van der Waals surface area contributed by atoms with Crippen LogP contribution in [0, 0.1) is 23.7 Å². The number of hydrogen-bond acceptors (Lipinski definition) is 4. The summed E-state index contributed by atoms with van der Waals surface area (Å²) >= 11 is 0. The molecule has 2 fully saturated rings. The third-order valence-electron chi connectivity index (χ3n) is 3.85. The van der Waals surface area contributed by atoms with Crippen LogP contribution < -0.4 is 0 Å². The van der Waals surface area contributed by atoms with Crippen molar-refractivity contribution in [2.75, 3.05) is 13.2 Å². The molecule has 2 rings (SSSR count). The van der Waals surface area contributed by atoms with Gasteiger partial charge in [-0.1, -0.05) is 0 Å². The molecule has 0 bridgehead atoms. The van der Waals surface area contributed by atoms with E-state index in [1.54, 1.807) is 13.8 Å². The Bertz CT molecular complexity index is 283. The van der Waals surface area contributed by atoms with Crippen molar-refractivity contribution in [2.45, 2.75) is 33.1 Å². The summed E-state index contributed by atoms with van der Waals surface area (Å²) in [6.07, 6.45) is 2.76. The van der Waals surface area contributed by atoms with Gasteiger partial charge < -0.3 is 9.47 Å². The summed E-state index contributed by atoms with van der Waals surface area (Å²) < 4.78 is 10.1. The second kappa shape index (κ2) is 5.07. The summed E-state index contributed by atoms with van der Waals surface area (Å²) in [5.74, 6) is 0.257. The Morgan fingerprint density at radius 3 is 1.65 bits per heavy atom. The van der Waals surface area contributed by atoms with E-state index in [4.69, 9.17) is 9.47 Å². The standard InChI is InChI=1S/C13H20O4/c1-3-16-12(14)10-6-8-5-9(8)7-11(10)13(15)17-4-2/h8-11H,3-7H2,1-2H3/t8?,9?,10-,11-/m0/s1. The number of hydrogen-bond donors (Lipinski definition) is 0. The van der Waals surface area contributed by atoms with Crippen LogP contribution in [0.5, 0.6) is 0 Å². The van der Waals surface area contributed by atoms with Crippen molar-refractivity contribution < 1.29 is 19.1 Å². The first-order valence-electron chi connectivity index (χ1n) is 6.50. The zero-order valence-electron chi connectivity index (χ0n) is 10.5. The number of carbonyl (C=O) groups excluding carboxylic acids is 2. The number of esters is 2. The lowest BCUT2D eigenvalue weighted by molar-refractivity contribution is -0.162. The quantitative estimate of drug-likeness (QED) is 0.703. The number of ether oxygens (including phenoxy) is 2. The van der Waals surface area contributed by atoms with E-state index in [1.165, 1.54) is 0 Å². The van der Waals surface area contributed by atoms with Gasteiger partial charge in [0.25, 0.3) is 0 Å². The van der Waals surface area contributed by atoms with Crippen LogP contribution in [0.3, 0.4) is 0 Å². The molecule has 2 aliphatic rings. The maximum atomic E-state index is 11.9. The molecule has 0 aliphatic heterocycles. The van der Waals surface area contributed by atoms with Crippen LogP contribution in [-0.2, 0) is 19.1 Å². The van der Waals surface area contributed by atoms with E-state index in [-0.39, 0.29) is 23.8 Å². The molecule has 0 saturated heterocycles. The van der Waals surface area contributed by atoms with Crippen LogP contribution in [0.15, 0.2) is 0 Å². The van der Waals surface area contributed by atoms with Crippen molar-refractivity contribution in [3.63, 3.8) is 0 Å². The van der Waals surface area contributed by atoms with Gasteiger partial charge in [-0.15, -0.1) is 0 Å². The van der Waals surface area contributed by atoms with Crippen molar-refractivity contribution in [3.8, 4) is 0 Å². The zero-order chi connectivity index (χ0) is 12.4. The topological polar surface area (TPSA) is 52.6 Å². The van der Waals surface area contributed by atoms with Crippen LogP contribution in [-0.4, -0.2) is 25.2 Å². The number of rotatable bonds is 4. The van der Waals surface area contributed by atoms with Crippen LogP contribution in [0.4, 0.5) is 0 Å². The van der Waals surface area contributed by atoms with Gasteiger partial charge in [0.15, 0.2) is 0 Å². The smallest absolute Gasteiger partial charge is 0.309 e. The van der Waals surface area contributed by atoms with Gasteiger partial charge in [-0.2, -0.15) is 0 Å². The predicted octanol–water partition coefficient (Wildman–Crippen LogP) is 1.77. The van der Waals surface area contributed by atoms with Gasteiger partial charge in [-0.3, -0.25) is 9.59 Å². The minimum atomic E-state index is -0.280. The van der Waals surface area contributed by atoms with Gasteiger partial charge >= 0.3 is 11.9 Å². The Morgan fingerprint density at radius 2 is 1.29 bits per heavy atom. The molecule has 0 aromatic rings. The molecule has 4 nitrogen and oxygen atoms in total. The average molecular weight is 240 g/mol. The molecule has 4 atom stereocenters. The molecule has 17 heavy (non-hydrogen) atoms. The highest BCUT2D eigenvalue weighted by Gasteiger charge is 2.51. The van der Waals surface area contributed by atoms with Gasteiger partial charge in [0, 0.05) is 0 Å². The van der Waals surface area contributed by atoms with E-state index < -0.39 is 0 Å². The minimum Gasteiger partial charge on any atom is -0.466 e. The zero-order valence-corrected chi connectivity index (χ0v) is 10.5. The average Bonchev–Trinajstić information content (AvgIpc) is 3.06. The summed E-state index contributed by atoms with van der Waals surface area (Å²) in [5.41, 5.74) is 0. The Balaban J connectivity index is 2.03. The molecule has 2 saturated carbocycles. The third kappa shape index (κ3) is 2.61. The largest absolute Gasteiger partial charge is 0.466 e. The van der Waals surface area contributed by atoms with Crippen molar-refractivity contribution >= 4 is 11.9 Å². The predicted molar refractivity (Wildman–Crippen MR) is 61.1 cm³/mol. The highest BCUT2D eigenvalue weighted by molar-refractivity contribution is 5.82. The van der Waals surface area contributed by atoms with Crippen LogP contribution in [0.25, 0.3) is 0 Å². The van der Waals surface area contributed by atoms with Crippen molar-refractivity contribution in [2.24, 2.45) is 23.7 Å². The van der Waals surface area contributed by atoms with Crippen LogP contribution in [0.2, 0.25) is 0 Å². The molecular formula is C13H20O4. The summed E-state index contributed by atoms with van der Waals surface area (Å²) in [6.45, 7) is 4.33. The molecular weight excluding hydrogens is 220 g/mol. The number of carbonyl (C=O) groups is 2. The molecule has 4 heteroatoms. The lowest BCUT2D eigenvalue weighted by atomic mass is 9.79. The van der Waals surface area contributed by atoms with Gasteiger partial charge in [-0.25, -0.2) is 0 Å². The lowest BCUT2D eigenvalue weighted by Gasteiger charge is -2.27. The fourth-order valence-corrected chi connectivity index (χ4v) is 2.89. The summed E-state index contributed by atoms with van der Waals surface area (Å²) in [4.78, 5) is 23.7. The molecule has 0 spiro atoms.